The lowest BCUT2D eigenvalue weighted by Crippen LogP contribution is -2.49. The highest BCUT2D eigenvalue weighted by atomic mass is 16.2. The van der Waals surface area contributed by atoms with Gasteiger partial charge in [-0.05, 0) is 19.1 Å². The van der Waals surface area contributed by atoms with Gasteiger partial charge in [-0.2, -0.15) is 9.61 Å². The van der Waals surface area contributed by atoms with Crippen LogP contribution in [0.5, 0.6) is 0 Å². The van der Waals surface area contributed by atoms with Crippen LogP contribution in [0.25, 0.3) is 5.65 Å². The third-order valence-electron chi connectivity index (χ3n) is 2.95. The molecule has 1 aliphatic heterocycles. The number of anilines is 1. The minimum Gasteiger partial charge on any atom is -0.352 e. The monoisotopic (exact) mass is 234 g/mol. The summed E-state index contributed by atoms with van der Waals surface area (Å²) in [5.41, 5.74) is 0.243. The van der Waals surface area contributed by atoms with Crippen LogP contribution in [0, 0.1) is 0 Å². The molecule has 0 bridgehead atoms. The zero-order valence-corrected chi connectivity index (χ0v) is 9.55. The van der Waals surface area contributed by atoms with Gasteiger partial charge in [0.25, 0.3) is 0 Å². The molecule has 2 aromatic rings. The highest BCUT2D eigenvalue weighted by Gasteiger charge is 2.17. The number of hydrogen-bond donors (Lipinski definition) is 2. The molecule has 0 radical (unpaired) electrons. The lowest BCUT2D eigenvalue weighted by atomic mass is 10.2. The molecular formula is C10H14N6O. The van der Waals surface area contributed by atoms with E-state index in [1.807, 2.05) is 6.07 Å². The third kappa shape index (κ3) is 1.78. The number of nitrogens with zero attached hydrogens (tertiary/aromatic N) is 4. The first-order valence-corrected chi connectivity index (χ1v) is 5.67. The number of piperazine rings is 1. The molecule has 1 fully saturated rings. The summed E-state index contributed by atoms with van der Waals surface area (Å²) in [5, 5.41) is 13.9. The van der Waals surface area contributed by atoms with Gasteiger partial charge in [0.15, 0.2) is 5.65 Å². The zero-order chi connectivity index (χ0) is 11.8. The van der Waals surface area contributed by atoms with Crippen LogP contribution < -0.4 is 15.9 Å². The maximum atomic E-state index is 11.4. The first kappa shape index (κ1) is 10.3. The number of H-pyrrole nitrogens is 1. The van der Waals surface area contributed by atoms with Crippen LogP contribution in [-0.4, -0.2) is 45.5 Å². The molecule has 90 valence electrons. The topological polar surface area (TPSA) is 78.3 Å². The average Bonchev–Trinajstić information content (AvgIpc) is 2.71. The van der Waals surface area contributed by atoms with Crippen molar-refractivity contribution in [2.45, 2.75) is 13.0 Å². The van der Waals surface area contributed by atoms with E-state index >= 15 is 0 Å². The largest absolute Gasteiger partial charge is 0.364 e. The summed E-state index contributed by atoms with van der Waals surface area (Å²) in [5.74, 6) is 0.814. The van der Waals surface area contributed by atoms with Crippen LogP contribution in [0.3, 0.4) is 0 Å². The van der Waals surface area contributed by atoms with Crippen molar-refractivity contribution < 1.29 is 0 Å². The Morgan fingerprint density at radius 2 is 2.35 bits per heavy atom. The summed E-state index contributed by atoms with van der Waals surface area (Å²) >= 11 is 0. The van der Waals surface area contributed by atoms with E-state index in [4.69, 9.17) is 0 Å². The second-order valence-electron chi connectivity index (χ2n) is 4.29. The summed E-state index contributed by atoms with van der Waals surface area (Å²) in [6.45, 7) is 4.86. The molecule has 17 heavy (non-hydrogen) atoms. The molecule has 3 rings (SSSR count). The van der Waals surface area contributed by atoms with E-state index in [9.17, 15) is 4.79 Å². The summed E-state index contributed by atoms with van der Waals surface area (Å²) in [7, 11) is 0. The van der Waals surface area contributed by atoms with Gasteiger partial charge in [-0.1, -0.05) is 0 Å². The van der Waals surface area contributed by atoms with Crippen LogP contribution in [-0.2, 0) is 0 Å². The van der Waals surface area contributed by atoms with Crippen LogP contribution in [0.4, 0.5) is 5.82 Å². The molecule has 2 aromatic heterocycles. The molecule has 0 saturated carbocycles. The first-order valence-electron chi connectivity index (χ1n) is 5.67. The predicted octanol–water partition coefficient (Wildman–Crippen LogP) is -0.784. The van der Waals surface area contributed by atoms with Crippen molar-refractivity contribution in [1.29, 1.82) is 0 Å². The quantitative estimate of drug-likeness (QED) is 0.676. The Bertz CT molecular complexity index is 588. The molecule has 0 amide bonds. The Morgan fingerprint density at radius 1 is 1.47 bits per heavy atom. The molecule has 7 nitrogen and oxygen atoms in total. The fourth-order valence-corrected chi connectivity index (χ4v) is 2.10. The highest BCUT2D eigenvalue weighted by molar-refractivity contribution is 5.45. The van der Waals surface area contributed by atoms with Gasteiger partial charge >= 0.3 is 5.69 Å². The Hall–Kier alpha value is -1.89. The van der Waals surface area contributed by atoms with E-state index in [1.54, 1.807) is 6.07 Å². The summed E-state index contributed by atoms with van der Waals surface area (Å²) in [6, 6.07) is 4.13. The molecular weight excluding hydrogens is 220 g/mol. The Kier molecular flexibility index (Phi) is 2.32. The molecule has 1 saturated heterocycles. The Balaban J connectivity index is 1.99. The van der Waals surface area contributed by atoms with Crippen molar-refractivity contribution in [1.82, 2.24) is 25.1 Å². The molecule has 3 heterocycles. The standard InChI is InChI=1S/C10H14N6O/c1-7-6-15(5-4-11-7)9-3-2-8-12-13-10(17)16(8)14-9/h2-3,7,11H,4-6H2,1H3,(H,13,17). The van der Waals surface area contributed by atoms with E-state index in [1.165, 1.54) is 4.52 Å². The van der Waals surface area contributed by atoms with E-state index in [-0.39, 0.29) is 5.69 Å². The molecule has 7 heteroatoms. The first-order chi connectivity index (χ1) is 8.24. The van der Waals surface area contributed by atoms with Crippen LogP contribution in [0.2, 0.25) is 0 Å². The fourth-order valence-electron chi connectivity index (χ4n) is 2.10. The normalized spacial score (nSPS) is 21.0. The molecule has 2 N–H and O–H groups in total. The third-order valence-corrected chi connectivity index (χ3v) is 2.95. The number of aromatic nitrogens is 4. The van der Waals surface area contributed by atoms with E-state index < -0.39 is 0 Å². The maximum Gasteiger partial charge on any atom is 0.364 e. The van der Waals surface area contributed by atoms with Crippen molar-refractivity contribution in [3.63, 3.8) is 0 Å². The summed E-state index contributed by atoms with van der Waals surface area (Å²) < 4.78 is 1.29. The minimum atomic E-state index is -0.301. The lowest BCUT2D eigenvalue weighted by Gasteiger charge is -2.32. The van der Waals surface area contributed by atoms with Gasteiger partial charge in [-0.15, -0.1) is 5.10 Å². The minimum absolute atomic E-state index is 0.301. The van der Waals surface area contributed by atoms with Gasteiger partial charge in [0.05, 0.1) is 0 Å². The fraction of sp³-hybridized carbons (Fsp3) is 0.500. The van der Waals surface area contributed by atoms with Gasteiger partial charge in [0.2, 0.25) is 0 Å². The van der Waals surface area contributed by atoms with Gasteiger partial charge in [0.1, 0.15) is 5.82 Å². The number of hydrogen-bond acceptors (Lipinski definition) is 5. The van der Waals surface area contributed by atoms with E-state index in [0.717, 1.165) is 25.5 Å². The van der Waals surface area contributed by atoms with Crippen LogP contribution in [0.1, 0.15) is 6.92 Å². The van der Waals surface area contributed by atoms with Crippen LogP contribution >= 0.6 is 0 Å². The SMILES string of the molecule is CC1CN(c2ccc3n[nH]c(=O)n3n2)CCN1. The van der Waals surface area contributed by atoms with Crippen molar-refractivity contribution in [3.8, 4) is 0 Å². The van der Waals surface area contributed by atoms with Crippen molar-refractivity contribution in [3.05, 3.63) is 22.6 Å². The molecule has 0 spiro atoms. The molecule has 1 aliphatic rings. The van der Waals surface area contributed by atoms with Crippen molar-refractivity contribution in [2.24, 2.45) is 0 Å². The number of aromatic amines is 1. The molecule has 1 unspecified atom stereocenters. The molecule has 1 atom stereocenters. The number of rotatable bonds is 1. The van der Waals surface area contributed by atoms with Gasteiger partial charge < -0.3 is 10.2 Å². The maximum absolute atomic E-state index is 11.4. The Morgan fingerprint density at radius 3 is 3.18 bits per heavy atom. The van der Waals surface area contributed by atoms with E-state index in [2.05, 4.69) is 32.4 Å². The molecule has 0 aliphatic carbocycles. The summed E-state index contributed by atoms with van der Waals surface area (Å²) in [6.07, 6.45) is 0. The second kappa shape index (κ2) is 3.85. The number of fused-ring (bicyclic) bond motifs is 1. The van der Waals surface area contributed by atoms with Gasteiger partial charge in [0, 0.05) is 25.7 Å². The smallest absolute Gasteiger partial charge is 0.352 e. The van der Waals surface area contributed by atoms with Gasteiger partial charge in [-0.3, -0.25) is 0 Å². The summed E-state index contributed by atoms with van der Waals surface area (Å²) in [4.78, 5) is 13.6. The zero-order valence-electron chi connectivity index (χ0n) is 9.55. The predicted molar refractivity (Wildman–Crippen MR) is 63.3 cm³/mol. The van der Waals surface area contributed by atoms with E-state index in [0.29, 0.717) is 11.7 Å². The van der Waals surface area contributed by atoms with Gasteiger partial charge in [-0.25, -0.2) is 9.89 Å². The van der Waals surface area contributed by atoms with Crippen LogP contribution in [0.15, 0.2) is 16.9 Å². The second-order valence-corrected chi connectivity index (χ2v) is 4.29. The number of nitrogens with one attached hydrogen (secondary N) is 2. The highest BCUT2D eigenvalue weighted by Crippen LogP contribution is 2.12. The Labute approximate surface area is 97.4 Å². The average molecular weight is 234 g/mol. The lowest BCUT2D eigenvalue weighted by molar-refractivity contribution is 0.480. The molecule has 0 aromatic carbocycles. The van der Waals surface area contributed by atoms with Crippen molar-refractivity contribution >= 4 is 11.5 Å². The van der Waals surface area contributed by atoms with Crippen molar-refractivity contribution in [2.75, 3.05) is 24.5 Å².